The van der Waals surface area contributed by atoms with Crippen LogP contribution in [-0.2, 0) is 11.2 Å². The molecule has 60 valence electrons. The highest BCUT2D eigenvalue weighted by molar-refractivity contribution is 5.82. The summed E-state index contributed by atoms with van der Waals surface area (Å²) in [6, 6.07) is 3.58. The fraction of sp³-hybridized carbons (Fsp3) is 0.375. The van der Waals surface area contributed by atoms with Gasteiger partial charge in [0.25, 0.3) is 0 Å². The van der Waals surface area contributed by atoms with Crippen molar-refractivity contribution in [3.8, 4) is 0 Å². The minimum Gasteiger partial charge on any atom is -0.469 e. The van der Waals surface area contributed by atoms with Crippen molar-refractivity contribution in [3.05, 3.63) is 24.2 Å². The molecule has 0 bridgehead atoms. The molecule has 0 amide bonds. The Bertz CT molecular complexity index is 216. The van der Waals surface area contributed by atoms with Crippen LogP contribution in [0, 0.1) is 0 Å². The highest BCUT2D eigenvalue weighted by Gasteiger charge is 2.03. The Hall–Kier alpha value is -1.09. The second-order valence-electron chi connectivity index (χ2n) is 2.33. The molecule has 0 aromatic carbocycles. The van der Waals surface area contributed by atoms with Crippen molar-refractivity contribution in [1.29, 1.82) is 0 Å². The highest BCUT2D eigenvalue weighted by Crippen LogP contribution is 2.00. The average molecular weight is 153 g/mol. The lowest BCUT2D eigenvalue weighted by atomic mass is 10.2. The van der Waals surface area contributed by atoms with Gasteiger partial charge < -0.3 is 9.73 Å². The molecular weight excluding hydrogens is 142 g/mol. The smallest absolute Gasteiger partial charge is 0.154 e. The summed E-state index contributed by atoms with van der Waals surface area (Å²) in [6.45, 7) is 0.403. The largest absolute Gasteiger partial charge is 0.469 e. The van der Waals surface area contributed by atoms with Gasteiger partial charge in [0.15, 0.2) is 5.78 Å². The second-order valence-corrected chi connectivity index (χ2v) is 2.33. The van der Waals surface area contributed by atoms with Gasteiger partial charge >= 0.3 is 0 Å². The molecule has 0 spiro atoms. The molecule has 1 rings (SSSR count). The molecule has 1 N–H and O–H groups in total. The molecule has 0 fully saturated rings. The van der Waals surface area contributed by atoms with Crippen LogP contribution in [0.1, 0.15) is 5.76 Å². The lowest BCUT2D eigenvalue weighted by molar-refractivity contribution is -0.117. The summed E-state index contributed by atoms with van der Waals surface area (Å²) < 4.78 is 5.00. The minimum absolute atomic E-state index is 0.141. The standard InChI is InChI=1S/C8H11NO2/c1-9-6-7(10)5-8-3-2-4-11-8/h2-4,9H,5-6H2,1H3. The van der Waals surface area contributed by atoms with Gasteiger partial charge in [0.2, 0.25) is 0 Å². The summed E-state index contributed by atoms with van der Waals surface area (Å²) in [5.74, 6) is 0.868. The van der Waals surface area contributed by atoms with Crippen LogP contribution < -0.4 is 5.32 Å². The van der Waals surface area contributed by atoms with Crippen LogP contribution in [0.4, 0.5) is 0 Å². The zero-order chi connectivity index (χ0) is 8.10. The third-order valence-corrected chi connectivity index (χ3v) is 1.33. The number of Topliss-reactive ketones (excluding diaryl/α,β-unsaturated/α-hetero) is 1. The molecule has 0 atom stereocenters. The first kappa shape index (κ1) is 8.01. The van der Waals surface area contributed by atoms with E-state index in [1.807, 2.05) is 0 Å². The number of carbonyl (C=O) groups excluding carboxylic acids is 1. The summed E-state index contributed by atoms with van der Waals surface area (Å²) in [7, 11) is 1.75. The van der Waals surface area contributed by atoms with Crippen LogP contribution in [0.3, 0.4) is 0 Å². The van der Waals surface area contributed by atoms with Crippen LogP contribution in [-0.4, -0.2) is 19.4 Å². The SMILES string of the molecule is CNCC(=O)Cc1ccco1. The number of nitrogens with one attached hydrogen (secondary N) is 1. The van der Waals surface area contributed by atoms with Crippen molar-refractivity contribution in [3.63, 3.8) is 0 Å². The van der Waals surface area contributed by atoms with Gasteiger partial charge in [-0.3, -0.25) is 4.79 Å². The van der Waals surface area contributed by atoms with Crippen molar-refractivity contribution < 1.29 is 9.21 Å². The van der Waals surface area contributed by atoms with E-state index in [-0.39, 0.29) is 5.78 Å². The van der Waals surface area contributed by atoms with Crippen LogP contribution in [0.5, 0.6) is 0 Å². The van der Waals surface area contributed by atoms with Crippen molar-refractivity contribution in [2.24, 2.45) is 0 Å². The predicted octanol–water partition coefficient (Wildman–Crippen LogP) is 0.611. The lowest BCUT2D eigenvalue weighted by Gasteiger charge is -1.95. The molecule has 0 saturated heterocycles. The Balaban J connectivity index is 2.37. The van der Waals surface area contributed by atoms with Crippen molar-refractivity contribution in [2.75, 3.05) is 13.6 Å². The van der Waals surface area contributed by atoms with E-state index in [0.717, 1.165) is 5.76 Å². The van der Waals surface area contributed by atoms with E-state index >= 15 is 0 Å². The molecule has 11 heavy (non-hydrogen) atoms. The quantitative estimate of drug-likeness (QED) is 0.689. The molecule has 0 aliphatic heterocycles. The molecule has 3 heteroatoms. The Morgan fingerprint density at radius 1 is 1.73 bits per heavy atom. The zero-order valence-electron chi connectivity index (χ0n) is 6.46. The Morgan fingerprint density at radius 3 is 3.09 bits per heavy atom. The van der Waals surface area contributed by atoms with Crippen LogP contribution in [0.15, 0.2) is 22.8 Å². The van der Waals surface area contributed by atoms with Gasteiger partial charge in [0.05, 0.1) is 19.2 Å². The lowest BCUT2D eigenvalue weighted by Crippen LogP contribution is -2.19. The van der Waals surface area contributed by atoms with Crippen LogP contribution in [0.2, 0.25) is 0 Å². The molecule has 0 unspecified atom stereocenters. The number of rotatable bonds is 4. The Morgan fingerprint density at radius 2 is 2.55 bits per heavy atom. The molecule has 0 aliphatic rings. The summed E-state index contributed by atoms with van der Waals surface area (Å²) in [6.07, 6.45) is 1.95. The fourth-order valence-electron chi connectivity index (χ4n) is 0.867. The number of carbonyl (C=O) groups is 1. The highest BCUT2D eigenvalue weighted by atomic mass is 16.3. The van der Waals surface area contributed by atoms with Crippen LogP contribution >= 0.6 is 0 Å². The van der Waals surface area contributed by atoms with Gasteiger partial charge in [-0.25, -0.2) is 0 Å². The number of hydrogen-bond acceptors (Lipinski definition) is 3. The van der Waals surface area contributed by atoms with Crippen molar-refractivity contribution in [2.45, 2.75) is 6.42 Å². The van der Waals surface area contributed by atoms with E-state index in [0.29, 0.717) is 13.0 Å². The summed E-state index contributed by atoms with van der Waals surface area (Å²) in [5, 5.41) is 2.79. The first-order chi connectivity index (χ1) is 5.33. The van der Waals surface area contributed by atoms with E-state index in [4.69, 9.17) is 4.42 Å². The molecule has 0 aliphatic carbocycles. The number of likely N-dealkylation sites (N-methyl/N-ethyl adjacent to an activating group) is 1. The van der Waals surface area contributed by atoms with E-state index in [1.165, 1.54) is 0 Å². The Kier molecular flexibility index (Phi) is 2.86. The van der Waals surface area contributed by atoms with E-state index in [1.54, 1.807) is 25.4 Å². The van der Waals surface area contributed by atoms with Crippen LogP contribution in [0.25, 0.3) is 0 Å². The van der Waals surface area contributed by atoms with Gasteiger partial charge in [-0.2, -0.15) is 0 Å². The average Bonchev–Trinajstić information content (AvgIpc) is 2.40. The third kappa shape index (κ3) is 2.55. The number of furan rings is 1. The van der Waals surface area contributed by atoms with E-state index in [9.17, 15) is 4.79 Å². The Labute approximate surface area is 65.4 Å². The molecule has 0 saturated carbocycles. The fourth-order valence-corrected chi connectivity index (χ4v) is 0.867. The van der Waals surface area contributed by atoms with Gasteiger partial charge in [-0.05, 0) is 19.2 Å². The summed E-state index contributed by atoms with van der Waals surface area (Å²) in [5.41, 5.74) is 0. The molecule has 0 radical (unpaired) electrons. The first-order valence-electron chi connectivity index (χ1n) is 3.51. The maximum atomic E-state index is 11.0. The second kappa shape index (κ2) is 3.93. The molecule has 3 nitrogen and oxygen atoms in total. The van der Waals surface area contributed by atoms with Crippen molar-refractivity contribution >= 4 is 5.78 Å². The van der Waals surface area contributed by atoms with Gasteiger partial charge in [0, 0.05) is 0 Å². The van der Waals surface area contributed by atoms with E-state index in [2.05, 4.69) is 5.32 Å². The molecule has 1 aromatic rings. The topological polar surface area (TPSA) is 42.2 Å². The number of hydrogen-bond donors (Lipinski definition) is 1. The molecule has 1 aromatic heterocycles. The summed E-state index contributed by atoms with van der Waals surface area (Å²) in [4.78, 5) is 11.0. The zero-order valence-corrected chi connectivity index (χ0v) is 6.46. The molecule has 1 heterocycles. The first-order valence-corrected chi connectivity index (χ1v) is 3.51. The normalized spacial score (nSPS) is 9.91. The van der Waals surface area contributed by atoms with Gasteiger partial charge in [-0.1, -0.05) is 0 Å². The monoisotopic (exact) mass is 153 g/mol. The molecular formula is C8H11NO2. The third-order valence-electron chi connectivity index (χ3n) is 1.33. The predicted molar refractivity (Wildman–Crippen MR) is 41.3 cm³/mol. The van der Waals surface area contributed by atoms with Gasteiger partial charge in [0.1, 0.15) is 5.76 Å². The van der Waals surface area contributed by atoms with Crippen molar-refractivity contribution in [1.82, 2.24) is 5.32 Å². The number of ketones is 1. The van der Waals surface area contributed by atoms with E-state index < -0.39 is 0 Å². The minimum atomic E-state index is 0.141. The summed E-state index contributed by atoms with van der Waals surface area (Å²) >= 11 is 0. The maximum Gasteiger partial charge on any atom is 0.154 e. The van der Waals surface area contributed by atoms with Gasteiger partial charge in [-0.15, -0.1) is 0 Å². The maximum absolute atomic E-state index is 11.0.